The summed E-state index contributed by atoms with van der Waals surface area (Å²) in [4.78, 5) is 10.6. The Balaban J connectivity index is 2.02. The highest BCUT2D eigenvalue weighted by atomic mass is 16.5. The zero-order valence-corrected chi connectivity index (χ0v) is 9.61. The van der Waals surface area contributed by atoms with E-state index in [0.717, 1.165) is 23.0 Å². The highest BCUT2D eigenvalue weighted by molar-refractivity contribution is 5.86. The molecule has 0 fully saturated rings. The Hall–Kier alpha value is -2.29. The van der Waals surface area contributed by atoms with Crippen LogP contribution < -0.4 is 4.74 Å². The highest BCUT2D eigenvalue weighted by Gasteiger charge is 2.32. The van der Waals surface area contributed by atoms with Crippen molar-refractivity contribution in [3.63, 3.8) is 0 Å². The van der Waals surface area contributed by atoms with Crippen molar-refractivity contribution in [3.05, 3.63) is 59.7 Å². The standard InChI is InChI=1S/C15H12O3/c16-14(17)9-8-10-4-3-6-12-11-5-1-2-7-13(11)18-15(10)12/h1-9,11,13H,(H,16,17)/b9-8+. The Morgan fingerprint density at radius 3 is 2.94 bits per heavy atom. The Kier molecular flexibility index (Phi) is 2.52. The van der Waals surface area contributed by atoms with Crippen LogP contribution in [0.2, 0.25) is 0 Å². The molecule has 0 aromatic heterocycles. The van der Waals surface area contributed by atoms with Gasteiger partial charge in [0.1, 0.15) is 11.9 Å². The number of carbonyl (C=O) groups is 1. The molecule has 1 aromatic carbocycles. The number of ether oxygens (including phenoxy) is 1. The first kappa shape index (κ1) is 10.8. The van der Waals surface area contributed by atoms with Gasteiger partial charge in [0.2, 0.25) is 0 Å². The summed E-state index contributed by atoms with van der Waals surface area (Å²) >= 11 is 0. The lowest BCUT2D eigenvalue weighted by atomic mass is 9.91. The van der Waals surface area contributed by atoms with Gasteiger partial charge in [0.25, 0.3) is 0 Å². The van der Waals surface area contributed by atoms with Crippen molar-refractivity contribution in [2.24, 2.45) is 0 Å². The van der Waals surface area contributed by atoms with Gasteiger partial charge in [-0.1, -0.05) is 36.4 Å². The molecular formula is C15H12O3. The summed E-state index contributed by atoms with van der Waals surface area (Å²) in [5.41, 5.74) is 1.93. The number of aliphatic carboxylic acids is 1. The van der Waals surface area contributed by atoms with Crippen LogP contribution in [0.25, 0.3) is 6.08 Å². The lowest BCUT2D eigenvalue weighted by Gasteiger charge is -2.13. The van der Waals surface area contributed by atoms with Crippen molar-refractivity contribution >= 4 is 12.0 Å². The van der Waals surface area contributed by atoms with E-state index in [2.05, 4.69) is 6.08 Å². The number of carboxylic acids is 1. The van der Waals surface area contributed by atoms with Gasteiger partial charge in [0, 0.05) is 23.1 Å². The third-order valence-corrected chi connectivity index (χ3v) is 3.18. The molecule has 0 amide bonds. The smallest absolute Gasteiger partial charge is 0.328 e. The van der Waals surface area contributed by atoms with Crippen LogP contribution in [0.15, 0.2) is 48.6 Å². The van der Waals surface area contributed by atoms with Gasteiger partial charge in [0.05, 0.1) is 0 Å². The molecule has 3 nitrogen and oxygen atoms in total. The number of para-hydroxylation sites is 1. The zero-order valence-electron chi connectivity index (χ0n) is 9.61. The first-order valence-electron chi connectivity index (χ1n) is 5.81. The molecule has 0 saturated carbocycles. The van der Waals surface area contributed by atoms with Gasteiger partial charge in [-0.2, -0.15) is 0 Å². The first-order valence-corrected chi connectivity index (χ1v) is 5.81. The van der Waals surface area contributed by atoms with E-state index in [4.69, 9.17) is 9.84 Å². The van der Waals surface area contributed by atoms with E-state index in [9.17, 15) is 4.79 Å². The van der Waals surface area contributed by atoms with Crippen LogP contribution in [-0.2, 0) is 4.79 Å². The van der Waals surface area contributed by atoms with Gasteiger partial charge >= 0.3 is 5.97 Å². The van der Waals surface area contributed by atoms with Crippen molar-refractivity contribution < 1.29 is 14.6 Å². The van der Waals surface area contributed by atoms with Crippen LogP contribution in [-0.4, -0.2) is 17.2 Å². The minimum absolute atomic E-state index is 0.0318. The molecule has 1 aliphatic carbocycles. The van der Waals surface area contributed by atoms with Crippen LogP contribution in [0, 0.1) is 0 Å². The van der Waals surface area contributed by atoms with Crippen molar-refractivity contribution in [1.29, 1.82) is 0 Å². The van der Waals surface area contributed by atoms with Gasteiger partial charge in [-0.15, -0.1) is 0 Å². The SMILES string of the molecule is O=C(O)/C=C/c1cccc2c1OC1C=CC=CC21. The molecular weight excluding hydrogens is 228 g/mol. The van der Waals surface area contributed by atoms with E-state index in [1.165, 1.54) is 0 Å². The minimum atomic E-state index is -0.956. The van der Waals surface area contributed by atoms with E-state index < -0.39 is 5.97 Å². The highest BCUT2D eigenvalue weighted by Crippen LogP contribution is 2.43. The second-order valence-electron chi connectivity index (χ2n) is 4.32. The lowest BCUT2D eigenvalue weighted by Crippen LogP contribution is -2.15. The van der Waals surface area contributed by atoms with E-state index >= 15 is 0 Å². The van der Waals surface area contributed by atoms with Crippen LogP contribution in [0.5, 0.6) is 5.75 Å². The maximum atomic E-state index is 10.6. The van der Waals surface area contributed by atoms with Crippen molar-refractivity contribution in [3.8, 4) is 5.75 Å². The summed E-state index contributed by atoms with van der Waals surface area (Å²) in [5.74, 6) is 0.0761. The molecule has 0 spiro atoms. The number of benzene rings is 1. The molecule has 90 valence electrons. The third kappa shape index (κ3) is 1.74. The third-order valence-electron chi connectivity index (χ3n) is 3.18. The molecule has 0 radical (unpaired) electrons. The monoisotopic (exact) mass is 240 g/mol. The maximum Gasteiger partial charge on any atom is 0.328 e. The first-order chi connectivity index (χ1) is 8.75. The Labute approximate surface area is 105 Å². The summed E-state index contributed by atoms with van der Waals surface area (Å²) in [5, 5.41) is 8.68. The van der Waals surface area contributed by atoms with Crippen LogP contribution in [0.1, 0.15) is 17.0 Å². The number of rotatable bonds is 2. The second-order valence-corrected chi connectivity index (χ2v) is 4.32. The molecule has 1 N–H and O–H groups in total. The zero-order chi connectivity index (χ0) is 12.5. The predicted octanol–water partition coefficient (Wildman–Crippen LogP) is 2.76. The van der Waals surface area contributed by atoms with Gasteiger partial charge in [-0.25, -0.2) is 4.79 Å². The maximum absolute atomic E-state index is 10.6. The number of hydrogen-bond acceptors (Lipinski definition) is 2. The predicted molar refractivity (Wildman–Crippen MR) is 68.5 cm³/mol. The molecule has 2 aliphatic rings. The van der Waals surface area contributed by atoms with Gasteiger partial charge in [-0.3, -0.25) is 0 Å². The normalized spacial score (nSPS) is 23.8. The number of allylic oxidation sites excluding steroid dienone is 2. The Bertz CT molecular complexity index is 581. The summed E-state index contributed by atoms with van der Waals surface area (Å²) < 4.78 is 5.89. The Morgan fingerprint density at radius 1 is 1.28 bits per heavy atom. The lowest BCUT2D eigenvalue weighted by molar-refractivity contribution is -0.131. The summed E-state index contributed by atoms with van der Waals surface area (Å²) in [6, 6.07) is 5.82. The fraction of sp³-hybridized carbons (Fsp3) is 0.133. The molecule has 1 heterocycles. The average molecular weight is 240 g/mol. The minimum Gasteiger partial charge on any atom is -0.484 e. The van der Waals surface area contributed by atoms with Crippen molar-refractivity contribution in [1.82, 2.24) is 0 Å². The molecule has 3 rings (SSSR count). The fourth-order valence-corrected chi connectivity index (χ4v) is 2.38. The van der Waals surface area contributed by atoms with Gasteiger partial charge < -0.3 is 9.84 Å². The van der Waals surface area contributed by atoms with E-state index in [-0.39, 0.29) is 12.0 Å². The molecule has 2 unspecified atom stereocenters. The number of fused-ring (bicyclic) bond motifs is 3. The largest absolute Gasteiger partial charge is 0.484 e. The Morgan fingerprint density at radius 2 is 2.11 bits per heavy atom. The number of carboxylic acid groups (broad SMARTS) is 1. The summed E-state index contributed by atoms with van der Waals surface area (Å²) in [6.45, 7) is 0. The molecule has 1 aliphatic heterocycles. The fourth-order valence-electron chi connectivity index (χ4n) is 2.38. The molecule has 18 heavy (non-hydrogen) atoms. The van der Waals surface area contributed by atoms with Crippen LogP contribution >= 0.6 is 0 Å². The van der Waals surface area contributed by atoms with Gasteiger partial charge in [0.15, 0.2) is 0 Å². The molecule has 2 atom stereocenters. The topological polar surface area (TPSA) is 46.5 Å². The van der Waals surface area contributed by atoms with E-state index in [0.29, 0.717) is 0 Å². The number of hydrogen-bond donors (Lipinski definition) is 1. The molecule has 1 aromatic rings. The summed E-state index contributed by atoms with van der Waals surface area (Å²) in [6.07, 6.45) is 10.9. The van der Waals surface area contributed by atoms with Crippen LogP contribution in [0.4, 0.5) is 0 Å². The van der Waals surface area contributed by atoms with E-state index in [1.807, 2.05) is 36.4 Å². The average Bonchev–Trinajstić information content (AvgIpc) is 2.75. The van der Waals surface area contributed by atoms with Crippen molar-refractivity contribution in [2.45, 2.75) is 12.0 Å². The molecule has 0 saturated heterocycles. The van der Waals surface area contributed by atoms with Gasteiger partial charge in [-0.05, 0) is 12.2 Å². The molecule has 0 bridgehead atoms. The second kappa shape index (κ2) is 4.18. The van der Waals surface area contributed by atoms with E-state index in [1.54, 1.807) is 6.08 Å². The quantitative estimate of drug-likeness (QED) is 0.808. The van der Waals surface area contributed by atoms with Crippen LogP contribution in [0.3, 0.4) is 0 Å². The molecule has 3 heteroatoms. The summed E-state index contributed by atoms with van der Waals surface area (Å²) in [7, 11) is 0. The van der Waals surface area contributed by atoms with Crippen molar-refractivity contribution in [2.75, 3.05) is 0 Å².